The number of H-pyrrole nitrogens is 1. The highest BCUT2D eigenvalue weighted by Gasteiger charge is 2.34. The van der Waals surface area contributed by atoms with Crippen LogP contribution in [0.5, 0.6) is 0 Å². The summed E-state index contributed by atoms with van der Waals surface area (Å²) in [5.74, 6) is 1.27. The van der Waals surface area contributed by atoms with Crippen molar-refractivity contribution in [2.75, 3.05) is 0 Å². The number of nitrogens with one attached hydrogen (secondary N) is 2. The Morgan fingerprint density at radius 2 is 2.24 bits per heavy atom. The van der Waals surface area contributed by atoms with E-state index in [2.05, 4.69) is 20.5 Å². The van der Waals surface area contributed by atoms with Gasteiger partial charge >= 0.3 is 6.09 Å². The minimum atomic E-state index is -0.446. The third kappa shape index (κ3) is 3.18. The van der Waals surface area contributed by atoms with E-state index in [0.29, 0.717) is 5.92 Å². The Morgan fingerprint density at radius 3 is 2.76 bits per heavy atom. The zero-order chi connectivity index (χ0) is 12.5. The summed E-state index contributed by atoms with van der Waals surface area (Å²) in [4.78, 5) is 14.5. The van der Waals surface area contributed by atoms with Gasteiger partial charge in [0.1, 0.15) is 17.8 Å². The summed E-state index contributed by atoms with van der Waals surface area (Å²) >= 11 is 0. The molecule has 1 fully saturated rings. The molecule has 0 radical (unpaired) electrons. The summed E-state index contributed by atoms with van der Waals surface area (Å²) in [6.07, 6.45) is 2.99. The lowest BCUT2D eigenvalue weighted by Crippen LogP contribution is -2.45. The monoisotopic (exact) mass is 238 g/mol. The second-order valence-electron chi connectivity index (χ2n) is 5.39. The number of amides is 1. The first-order chi connectivity index (χ1) is 7.94. The molecular formula is C11H18N4O2. The van der Waals surface area contributed by atoms with Crippen LogP contribution < -0.4 is 5.32 Å². The van der Waals surface area contributed by atoms with Gasteiger partial charge < -0.3 is 15.0 Å². The third-order valence-corrected chi connectivity index (χ3v) is 2.68. The lowest BCUT2D eigenvalue weighted by molar-refractivity contribution is 0.0470. The van der Waals surface area contributed by atoms with E-state index in [-0.39, 0.29) is 12.1 Å². The second kappa shape index (κ2) is 4.35. The molecule has 0 bridgehead atoms. The standard InChI is InChI=1S/C11H18N4O2/c1-11(2,3)17-10(16)14-8-4-7(5-8)9-12-6-13-15-9/h6-8H,4-5H2,1-3H3,(H,14,16)(H,12,13,15)/t7-,8+. The van der Waals surface area contributed by atoms with Crippen molar-refractivity contribution < 1.29 is 9.53 Å². The first-order valence-corrected chi connectivity index (χ1v) is 5.79. The molecule has 0 aliphatic heterocycles. The predicted molar refractivity (Wildman–Crippen MR) is 61.5 cm³/mol. The molecule has 0 aromatic carbocycles. The number of hydrogen-bond donors (Lipinski definition) is 2. The molecule has 6 heteroatoms. The maximum atomic E-state index is 11.5. The molecule has 1 heterocycles. The van der Waals surface area contributed by atoms with Crippen molar-refractivity contribution in [3.05, 3.63) is 12.2 Å². The Labute approximate surface area is 100 Å². The van der Waals surface area contributed by atoms with Gasteiger partial charge in [0, 0.05) is 12.0 Å². The smallest absolute Gasteiger partial charge is 0.407 e. The summed E-state index contributed by atoms with van der Waals surface area (Å²) in [5, 5.41) is 10.5. The molecule has 1 amide bonds. The SMILES string of the molecule is CC(C)(C)OC(=O)N[C@H]1C[C@@H](c2nnc[nH]2)C1. The Bertz CT molecular complexity index is 377. The molecule has 0 spiro atoms. The highest BCUT2D eigenvalue weighted by Crippen LogP contribution is 2.34. The van der Waals surface area contributed by atoms with Gasteiger partial charge in [-0.2, -0.15) is 0 Å². The van der Waals surface area contributed by atoms with Crippen LogP contribution in [0.15, 0.2) is 6.33 Å². The van der Waals surface area contributed by atoms with Crippen LogP contribution >= 0.6 is 0 Å². The lowest BCUT2D eigenvalue weighted by Gasteiger charge is -2.34. The minimum Gasteiger partial charge on any atom is -0.444 e. The number of carbonyl (C=O) groups is 1. The molecule has 17 heavy (non-hydrogen) atoms. The highest BCUT2D eigenvalue weighted by atomic mass is 16.6. The Morgan fingerprint density at radius 1 is 1.53 bits per heavy atom. The van der Waals surface area contributed by atoms with E-state index in [9.17, 15) is 4.79 Å². The average molecular weight is 238 g/mol. The Kier molecular flexibility index (Phi) is 3.04. The van der Waals surface area contributed by atoms with E-state index in [1.807, 2.05) is 20.8 Å². The van der Waals surface area contributed by atoms with Crippen molar-refractivity contribution >= 4 is 6.09 Å². The van der Waals surface area contributed by atoms with Gasteiger partial charge in [0.15, 0.2) is 0 Å². The number of rotatable bonds is 2. The molecule has 94 valence electrons. The van der Waals surface area contributed by atoms with Crippen LogP contribution in [-0.4, -0.2) is 32.9 Å². The van der Waals surface area contributed by atoms with Crippen LogP contribution in [-0.2, 0) is 4.74 Å². The van der Waals surface area contributed by atoms with Crippen LogP contribution in [0.2, 0.25) is 0 Å². The molecule has 1 aromatic heterocycles. The van der Waals surface area contributed by atoms with Crippen LogP contribution in [0.4, 0.5) is 4.79 Å². The van der Waals surface area contributed by atoms with Crippen LogP contribution in [0.25, 0.3) is 0 Å². The average Bonchev–Trinajstić information content (AvgIpc) is 2.59. The fourth-order valence-electron chi connectivity index (χ4n) is 1.85. The molecule has 0 atom stereocenters. The quantitative estimate of drug-likeness (QED) is 0.819. The fraction of sp³-hybridized carbons (Fsp3) is 0.727. The van der Waals surface area contributed by atoms with Crippen molar-refractivity contribution in [1.82, 2.24) is 20.5 Å². The maximum Gasteiger partial charge on any atom is 0.407 e. The largest absolute Gasteiger partial charge is 0.444 e. The van der Waals surface area contributed by atoms with Gasteiger partial charge in [-0.15, -0.1) is 10.2 Å². The van der Waals surface area contributed by atoms with E-state index in [0.717, 1.165) is 18.7 Å². The van der Waals surface area contributed by atoms with Gasteiger partial charge in [-0.25, -0.2) is 4.79 Å². The van der Waals surface area contributed by atoms with E-state index < -0.39 is 5.60 Å². The first kappa shape index (κ1) is 11.9. The van der Waals surface area contributed by atoms with E-state index in [4.69, 9.17) is 4.74 Å². The molecule has 2 N–H and O–H groups in total. The molecule has 1 aromatic rings. The topological polar surface area (TPSA) is 79.9 Å². The number of carbonyl (C=O) groups excluding carboxylic acids is 1. The normalized spacial score (nSPS) is 23.9. The molecule has 2 rings (SSSR count). The molecule has 6 nitrogen and oxygen atoms in total. The zero-order valence-electron chi connectivity index (χ0n) is 10.4. The van der Waals surface area contributed by atoms with Crippen LogP contribution in [0, 0.1) is 0 Å². The summed E-state index contributed by atoms with van der Waals surface area (Å²) in [6.45, 7) is 5.56. The van der Waals surface area contributed by atoms with Crippen LogP contribution in [0.1, 0.15) is 45.4 Å². The second-order valence-corrected chi connectivity index (χ2v) is 5.39. The number of alkyl carbamates (subject to hydrolysis) is 1. The molecule has 1 aliphatic carbocycles. The van der Waals surface area contributed by atoms with Gasteiger partial charge in [-0.05, 0) is 33.6 Å². The molecule has 0 saturated heterocycles. The Balaban J connectivity index is 1.72. The van der Waals surface area contributed by atoms with Crippen molar-refractivity contribution in [2.45, 2.75) is 51.2 Å². The van der Waals surface area contributed by atoms with Crippen molar-refractivity contribution in [3.8, 4) is 0 Å². The van der Waals surface area contributed by atoms with E-state index >= 15 is 0 Å². The summed E-state index contributed by atoms with van der Waals surface area (Å²) < 4.78 is 5.18. The van der Waals surface area contributed by atoms with Crippen molar-refractivity contribution in [2.24, 2.45) is 0 Å². The number of aromatic amines is 1. The number of aromatic nitrogens is 3. The number of hydrogen-bond acceptors (Lipinski definition) is 4. The minimum absolute atomic E-state index is 0.181. The highest BCUT2D eigenvalue weighted by molar-refractivity contribution is 5.68. The van der Waals surface area contributed by atoms with Gasteiger partial charge in [-0.3, -0.25) is 0 Å². The lowest BCUT2D eigenvalue weighted by atomic mass is 9.80. The van der Waals surface area contributed by atoms with Gasteiger partial charge in [-0.1, -0.05) is 0 Å². The number of nitrogens with zero attached hydrogens (tertiary/aromatic N) is 2. The number of ether oxygens (including phenoxy) is 1. The van der Waals surface area contributed by atoms with Crippen LogP contribution in [0.3, 0.4) is 0 Å². The van der Waals surface area contributed by atoms with Crippen molar-refractivity contribution in [1.29, 1.82) is 0 Å². The Hall–Kier alpha value is -1.59. The zero-order valence-corrected chi connectivity index (χ0v) is 10.4. The maximum absolute atomic E-state index is 11.5. The van der Waals surface area contributed by atoms with Gasteiger partial charge in [0.2, 0.25) is 0 Å². The summed E-state index contributed by atoms with van der Waals surface area (Å²) in [6, 6.07) is 0.181. The van der Waals surface area contributed by atoms with Crippen molar-refractivity contribution in [3.63, 3.8) is 0 Å². The summed E-state index contributed by atoms with van der Waals surface area (Å²) in [5.41, 5.74) is -0.446. The summed E-state index contributed by atoms with van der Waals surface area (Å²) in [7, 11) is 0. The molecule has 1 aliphatic rings. The molecule has 1 saturated carbocycles. The molecule has 0 unspecified atom stereocenters. The first-order valence-electron chi connectivity index (χ1n) is 5.79. The van der Waals surface area contributed by atoms with E-state index in [1.165, 1.54) is 0 Å². The van der Waals surface area contributed by atoms with Gasteiger partial charge in [0.05, 0.1) is 0 Å². The fourth-order valence-corrected chi connectivity index (χ4v) is 1.85. The van der Waals surface area contributed by atoms with E-state index in [1.54, 1.807) is 6.33 Å². The van der Waals surface area contributed by atoms with Gasteiger partial charge in [0.25, 0.3) is 0 Å². The molecular weight excluding hydrogens is 220 g/mol. The predicted octanol–water partition coefficient (Wildman–Crippen LogP) is 1.58. The third-order valence-electron chi connectivity index (χ3n) is 2.68.